The fourth-order valence-electron chi connectivity index (χ4n) is 4.67. The second-order valence-electron chi connectivity index (χ2n) is 8.13. The number of benzene rings is 3. The third kappa shape index (κ3) is 3.70. The van der Waals surface area contributed by atoms with Crippen molar-refractivity contribution < 1.29 is 4.79 Å². The smallest absolute Gasteiger partial charge is 0.253 e. The normalized spacial score (nSPS) is 19.2. The van der Waals surface area contributed by atoms with Crippen molar-refractivity contribution in [3.05, 3.63) is 95.6 Å². The van der Waals surface area contributed by atoms with E-state index in [1.165, 1.54) is 16.7 Å². The van der Waals surface area contributed by atoms with Crippen molar-refractivity contribution in [1.82, 2.24) is 9.80 Å². The molecule has 0 radical (unpaired) electrons. The largest absolute Gasteiger partial charge is 0.337 e. The first-order chi connectivity index (χ1) is 14.3. The summed E-state index contributed by atoms with van der Waals surface area (Å²) >= 11 is 0. The highest BCUT2D eigenvalue weighted by Gasteiger charge is 2.32. The van der Waals surface area contributed by atoms with Crippen LogP contribution in [-0.4, -0.2) is 41.4 Å². The van der Waals surface area contributed by atoms with E-state index in [1.807, 2.05) is 35.2 Å². The highest BCUT2D eigenvalue weighted by Crippen LogP contribution is 2.26. The Hall–Kier alpha value is -2.91. The maximum atomic E-state index is 13.0. The molecule has 0 N–H and O–H groups in total. The third-order valence-electron chi connectivity index (χ3n) is 6.37. The maximum absolute atomic E-state index is 13.0. The molecule has 2 aliphatic rings. The van der Waals surface area contributed by atoms with Crippen molar-refractivity contribution in [2.24, 2.45) is 0 Å². The molecule has 0 bridgehead atoms. The summed E-state index contributed by atoms with van der Waals surface area (Å²) in [6.07, 6.45) is 2.18. The van der Waals surface area contributed by atoms with Gasteiger partial charge in [-0.3, -0.25) is 9.69 Å². The predicted octanol–water partition coefficient (Wildman–Crippen LogP) is 4.63. The Labute approximate surface area is 172 Å². The molecule has 3 nitrogen and oxygen atoms in total. The van der Waals surface area contributed by atoms with Gasteiger partial charge in [0.2, 0.25) is 0 Å². The molecule has 0 aromatic heterocycles. The molecule has 1 amide bonds. The van der Waals surface area contributed by atoms with E-state index < -0.39 is 0 Å². The van der Waals surface area contributed by atoms with Crippen molar-refractivity contribution in [2.45, 2.75) is 25.4 Å². The molecule has 2 aliphatic heterocycles. The summed E-state index contributed by atoms with van der Waals surface area (Å²) < 4.78 is 0. The quantitative estimate of drug-likeness (QED) is 0.660. The van der Waals surface area contributed by atoms with E-state index in [0.717, 1.165) is 50.1 Å². The van der Waals surface area contributed by atoms with Crippen molar-refractivity contribution >= 4 is 5.91 Å². The number of fused-ring (bicyclic) bond motifs is 1. The third-order valence-corrected chi connectivity index (χ3v) is 6.37. The zero-order valence-electron chi connectivity index (χ0n) is 16.6. The summed E-state index contributed by atoms with van der Waals surface area (Å²) in [5.41, 5.74) is 6.04. The molecular weight excluding hydrogens is 356 g/mol. The summed E-state index contributed by atoms with van der Waals surface area (Å²) in [6, 6.07) is 27.6. The first kappa shape index (κ1) is 18.1. The molecular formula is C26H26N2O. The number of carbonyl (C=O) groups excluding carboxylic acids is 1. The van der Waals surface area contributed by atoms with Crippen LogP contribution in [0.5, 0.6) is 0 Å². The number of nitrogens with zero attached hydrogens (tertiary/aromatic N) is 2. The van der Waals surface area contributed by atoms with Gasteiger partial charge in [0.05, 0.1) is 0 Å². The van der Waals surface area contributed by atoms with E-state index in [9.17, 15) is 4.79 Å². The van der Waals surface area contributed by atoms with E-state index in [4.69, 9.17) is 0 Å². The average molecular weight is 383 g/mol. The molecule has 3 aromatic carbocycles. The number of likely N-dealkylation sites (tertiary alicyclic amines) is 1. The number of rotatable bonds is 3. The lowest BCUT2D eigenvalue weighted by Crippen LogP contribution is -2.41. The zero-order chi connectivity index (χ0) is 19.6. The molecule has 5 rings (SSSR count). The summed E-state index contributed by atoms with van der Waals surface area (Å²) in [4.78, 5) is 17.6. The zero-order valence-corrected chi connectivity index (χ0v) is 16.6. The Kier molecular flexibility index (Phi) is 4.91. The van der Waals surface area contributed by atoms with Gasteiger partial charge in [0, 0.05) is 37.8 Å². The van der Waals surface area contributed by atoms with Crippen LogP contribution in [0.4, 0.5) is 0 Å². The standard InChI is InChI=1S/C26H26N2O/c29-26(23-12-10-22(11-13-23)20-6-2-1-3-7-20)28-17-15-25(19-28)27-16-14-21-8-4-5-9-24(21)18-27/h1-13,25H,14-19H2. The second kappa shape index (κ2) is 7.84. The molecule has 29 heavy (non-hydrogen) atoms. The van der Waals surface area contributed by atoms with Gasteiger partial charge < -0.3 is 4.90 Å². The molecule has 0 saturated carbocycles. The molecule has 1 saturated heterocycles. The minimum Gasteiger partial charge on any atom is -0.337 e. The summed E-state index contributed by atoms with van der Waals surface area (Å²) in [7, 11) is 0. The molecule has 1 unspecified atom stereocenters. The van der Waals surface area contributed by atoms with Crippen LogP contribution in [0.1, 0.15) is 27.9 Å². The van der Waals surface area contributed by atoms with Gasteiger partial charge in [0.25, 0.3) is 5.91 Å². The van der Waals surface area contributed by atoms with Crippen LogP contribution in [0, 0.1) is 0 Å². The fraction of sp³-hybridized carbons (Fsp3) is 0.269. The lowest BCUT2D eigenvalue weighted by Gasteiger charge is -2.33. The maximum Gasteiger partial charge on any atom is 0.253 e. The average Bonchev–Trinajstić information content (AvgIpc) is 3.29. The van der Waals surface area contributed by atoms with E-state index in [1.54, 1.807) is 0 Å². The minimum atomic E-state index is 0.157. The topological polar surface area (TPSA) is 23.6 Å². The van der Waals surface area contributed by atoms with E-state index in [2.05, 4.69) is 53.4 Å². The van der Waals surface area contributed by atoms with Crippen LogP contribution in [0.25, 0.3) is 11.1 Å². The Morgan fingerprint density at radius 2 is 1.45 bits per heavy atom. The Bertz CT molecular complexity index is 997. The van der Waals surface area contributed by atoms with E-state index in [-0.39, 0.29) is 5.91 Å². The van der Waals surface area contributed by atoms with Crippen LogP contribution < -0.4 is 0 Å². The molecule has 3 aromatic rings. The molecule has 146 valence electrons. The van der Waals surface area contributed by atoms with Gasteiger partial charge in [0.1, 0.15) is 0 Å². The van der Waals surface area contributed by atoms with Crippen LogP contribution in [0.3, 0.4) is 0 Å². The highest BCUT2D eigenvalue weighted by atomic mass is 16.2. The summed E-state index contributed by atoms with van der Waals surface area (Å²) in [5.74, 6) is 0.157. The van der Waals surface area contributed by atoms with Crippen LogP contribution in [-0.2, 0) is 13.0 Å². The lowest BCUT2D eigenvalue weighted by molar-refractivity contribution is 0.0773. The molecule has 1 atom stereocenters. The minimum absolute atomic E-state index is 0.157. The summed E-state index contributed by atoms with van der Waals surface area (Å²) in [5, 5.41) is 0. The van der Waals surface area contributed by atoms with Gasteiger partial charge in [0.15, 0.2) is 0 Å². The Balaban J connectivity index is 1.24. The monoisotopic (exact) mass is 382 g/mol. The molecule has 2 heterocycles. The summed E-state index contributed by atoms with van der Waals surface area (Å²) in [6.45, 7) is 3.79. The SMILES string of the molecule is O=C(c1ccc(-c2ccccc2)cc1)N1CCC(N2CCc3ccccc3C2)C1. The molecule has 0 spiro atoms. The van der Waals surface area contributed by atoms with E-state index >= 15 is 0 Å². The highest BCUT2D eigenvalue weighted by molar-refractivity contribution is 5.95. The Morgan fingerprint density at radius 1 is 0.759 bits per heavy atom. The number of hydrogen-bond acceptors (Lipinski definition) is 2. The van der Waals surface area contributed by atoms with Gasteiger partial charge >= 0.3 is 0 Å². The number of amides is 1. The number of hydrogen-bond donors (Lipinski definition) is 0. The first-order valence-corrected chi connectivity index (χ1v) is 10.5. The van der Waals surface area contributed by atoms with E-state index in [0.29, 0.717) is 6.04 Å². The van der Waals surface area contributed by atoms with Gasteiger partial charge in [-0.15, -0.1) is 0 Å². The number of carbonyl (C=O) groups is 1. The van der Waals surface area contributed by atoms with Gasteiger partial charge in [-0.05, 0) is 47.2 Å². The van der Waals surface area contributed by atoms with Crippen molar-refractivity contribution in [2.75, 3.05) is 19.6 Å². The van der Waals surface area contributed by atoms with Crippen molar-refractivity contribution in [1.29, 1.82) is 0 Å². The van der Waals surface area contributed by atoms with Gasteiger partial charge in [-0.2, -0.15) is 0 Å². The molecule has 3 heteroatoms. The Morgan fingerprint density at radius 3 is 2.24 bits per heavy atom. The van der Waals surface area contributed by atoms with Crippen LogP contribution >= 0.6 is 0 Å². The van der Waals surface area contributed by atoms with Crippen LogP contribution in [0.15, 0.2) is 78.9 Å². The lowest BCUT2D eigenvalue weighted by atomic mass is 9.98. The second-order valence-corrected chi connectivity index (χ2v) is 8.13. The molecule has 1 fully saturated rings. The molecule has 0 aliphatic carbocycles. The predicted molar refractivity (Wildman–Crippen MR) is 117 cm³/mol. The van der Waals surface area contributed by atoms with Crippen molar-refractivity contribution in [3.8, 4) is 11.1 Å². The van der Waals surface area contributed by atoms with Gasteiger partial charge in [-0.1, -0.05) is 66.7 Å². The van der Waals surface area contributed by atoms with Crippen molar-refractivity contribution in [3.63, 3.8) is 0 Å². The fourth-order valence-corrected chi connectivity index (χ4v) is 4.67. The first-order valence-electron chi connectivity index (χ1n) is 10.5. The van der Waals surface area contributed by atoms with Gasteiger partial charge in [-0.25, -0.2) is 0 Å². The van der Waals surface area contributed by atoms with Crippen LogP contribution in [0.2, 0.25) is 0 Å².